The highest BCUT2D eigenvalue weighted by Crippen LogP contribution is 2.23. The van der Waals surface area contributed by atoms with Gasteiger partial charge < -0.3 is 4.90 Å². The van der Waals surface area contributed by atoms with Crippen LogP contribution >= 0.6 is 11.8 Å². The van der Waals surface area contributed by atoms with Crippen LogP contribution in [0.3, 0.4) is 0 Å². The van der Waals surface area contributed by atoms with Crippen LogP contribution < -0.4 is 0 Å². The molecule has 0 aliphatic carbocycles. The molecular formula is C19H19FN4OS. The number of thioether (sulfide) groups is 1. The topological polar surface area (TPSA) is 51.0 Å². The Morgan fingerprint density at radius 1 is 1.19 bits per heavy atom. The van der Waals surface area contributed by atoms with Crippen LogP contribution in [0.1, 0.15) is 18.5 Å². The molecule has 7 heteroatoms. The van der Waals surface area contributed by atoms with Crippen molar-refractivity contribution in [3.05, 3.63) is 72.6 Å². The van der Waals surface area contributed by atoms with Gasteiger partial charge in [0.2, 0.25) is 5.91 Å². The number of hydrogen-bond acceptors (Lipinski definition) is 4. The van der Waals surface area contributed by atoms with Crippen molar-refractivity contribution in [2.75, 3.05) is 12.8 Å². The molecule has 1 aromatic heterocycles. The molecule has 3 aromatic rings. The molecule has 0 saturated carbocycles. The Labute approximate surface area is 155 Å². The summed E-state index contributed by atoms with van der Waals surface area (Å²) in [6, 6.07) is 14.0. The SMILES string of the molecule is C[C@@H](c1ccc(-n2cncn2)cc1)N(C)C(=O)CSc1ccc(F)cc1. The van der Waals surface area contributed by atoms with Crippen molar-refractivity contribution in [3.63, 3.8) is 0 Å². The van der Waals surface area contributed by atoms with Gasteiger partial charge in [-0.1, -0.05) is 12.1 Å². The van der Waals surface area contributed by atoms with Gasteiger partial charge in [0.05, 0.1) is 17.5 Å². The number of carbonyl (C=O) groups is 1. The molecule has 0 radical (unpaired) electrons. The maximum Gasteiger partial charge on any atom is 0.233 e. The number of nitrogens with zero attached hydrogens (tertiary/aromatic N) is 4. The monoisotopic (exact) mass is 370 g/mol. The molecule has 0 N–H and O–H groups in total. The minimum atomic E-state index is -0.277. The molecule has 0 spiro atoms. The second-order valence-electron chi connectivity index (χ2n) is 5.85. The van der Waals surface area contributed by atoms with Crippen LogP contribution in [-0.4, -0.2) is 38.4 Å². The second kappa shape index (κ2) is 8.14. The van der Waals surface area contributed by atoms with Crippen LogP contribution in [-0.2, 0) is 4.79 Å². The smallest absolute Gasteiger partial charge is 0.233 e. The Morgan fingerprint density at radius 2 is 1.88 bits per heavy atom. The van der Waals surface area contributed by atoms with E-state index in [-0.39, 0.29) is 17.8 Å². The average Bonchev–Trinajstić information content (AvgIpc) is 3.21. The van der Waals surface area contributed by atoms with Gasteiger partial charge in [0.25, 0.3) is 0 Å². The van der Waals surface area contributed by atoms with Gasteiger partial charge in [-0.3, -0.25) is 4.79 Å². The first-order chi connectivity index (χ1) is 12.5. The van der Waals surface area contributed by atoms with Crippen molar-refractivity contribution in [2.24, 2.45) is 0 Å². The lowest BCUT2D eigenvalue weighted by Gasteiger charge is -2.25. The van der Waals surface area contributed by atoms with E-state index in [1.165, 1.54) is 30.2 Å². The molecule has 1 atom stereocenters. The van der Waals surface area contributed by atoms with E-state index >= 15 is 0 Å². The predicted molar refractivity (Wildman–Crippen MR) is 99.7 cm³/mol. The molecule has 134 valence electrons. The first kappa shape index (κ1) is 18.1. The van der Waals surface area contributed by atoms with Crippen molar-refractivity contribution >= 4 is 17.7 Å². The van der Waals surface area contributed by atoms with Gasteiger partial charge in [-0.25, -0.2) is 14.1 Å². The lowest BCUT2D eigenvalue weighted by molar-refractivity contribution is -0.128. The number of carbonyl (C=O) groups excluding carboxylic acids is 1. The summed E-state index contributed by atoms with van der Waals surface area (Å²) in [5.74, 6) is 0.0525. The summed E-state index contributed by atoms with van der Waals surface area (Å²) in [6.45, 7) is 1.99. The van der Waals surface area contributed by atoms with E-state index in [2.05, 4.69) is 10.1 Å². The average molecular weight is 370 g/mol. The molecule has 0 aliphatic heterocycles. The van der Waals surface area contributed by atoms with Crippen molar-refractivity contribution in [1.82, 2.24) is 19.7 Å². The van der Waals surface area contributed by atoms with E-state index in [1.807, 2.05) is 31.2 Å². The molecule has 26 heavy (non-hydrogen) atoms. The third-order valence-electron chi connectivity index (χ3n) is 4.21. The van der Waals surface area contributed by atoms with E-state index < -0.39 is 0 Å². The van der Waals surface area contributed by atoms with Crippen LogP contribution in [0.25, 0.3) is 5.69 Å². The quantitative estimate of drug-likeness (QED) is 0.621. The molecule has 2 aromatic carbocycles. The Bertz CT molecular complexity index is 850. The number of rotatable bonds is 6. The lowest BCUT2D eigenvalue weighted by Crippen LogP contribution is -2.31. The van der Waals surface area contributed by atoms with Gasteiger partial charge in [-0.15, -0.1) is 11.8 Å². The van der Waals surface area contributed by atoms with Crippen LogP contribution in [0.4, 0.5) is 4.39 Å². The normalized spacial score (nSPS) is 12.0. The second-order valence-corrected chi connectivity index (χ2v) is 6.90. The molecule has 0 unspecified atom stereocenters. The fraction of sp³-hybridized carbons (Fsp3) is 0.211. The minimum absolute atomic E-state index is 0.0205. The molecule has 1 heterocycles. The van der Waals surface area contributed by atoms with Crippen LogP contribution in [0, 0.1) is 5.82 Å². The molecule has 3 rings (SSSR count). The summed E-state index contributed by atoms with van der Waals surface area (Å²) >= 11 is 1.40. The van der Waals surface area contributed by atoms with E-state index in [0.717, 1.165) is 16.1 Å². The maximum absolute atomic E-state index is 12.9. The third-order valence-corrected chi connectivity index (χ3v) is 5.21. The van der Waals surface area contributed by atoms with Gasteiger partial charge >= 0.3 is 0 Å². The van der Waals surface area contributed by atoms with E-state index in [1.54, 1.807) is 35.1 Å². The summed E-state index contributed by atoms with van der Waals surface area (Å²) in [6.07, 6.45) is 3.13. The summed E-state index contributed by atoms with van der Waals surface area (Å²) in [5.41, 5.74) is 1.95. The van der Waals surface area contributed by atoms with Crippen LogP contribution in [0.15, 0.2) is 66.1 Å². The Kier molecular flexibility index (Phi) is 5.68. The first-order valence-corrected chi connectivity index (χ1v) is 9.12. The summed E-state index contributed by atoms with van der Waals surface area (Å²) in [4.78, 5) is 19.0. The fourth-order valence-corrected chi connectivity index (χ4v) is 3.29. The molecule has 0 aliphatic rings. The standard InChI is InChI=1S/C19H19FN4OS/c1-14(15-3-7-17(8-4-15)24-13-21-12-22-24)23(2)19(25)11-26-18-9-5-16(20)6-10-18/h3-10,12-14H,11H2,1-2H3/t14-/m0/s1. The summed E-state index contributed by atoms with van der Waals surface area (Å²) in [7, 11) is 1.80. The van der Waals surface area contributed by atoms with Crippen molar-refractivity contribution in [2.45, 2.75) is 17.9 Å². The predicted octanol–water partition coefficient (Wildman–Crippen LogP) is 3.72. The molecule has 0 bridgehead atoms. The molecule has 5 nitrogen and oxygen atoms in total. The van der Waals surface area contributed by atoms with Crippen LogP contribution in [0.5, 0.6) is 0 Å². The molecule has 1 amide bonds. The minimum Gasteiger partial charge on any atom is -0.338 e. The number of hydrogen-bond donors (Lipinski definition) is 0. The van der Waals surface area contributed by atoms with E-state index in [4.69, 9.17) is 0 Å². The van der Waals surface area contributed by atoms with Crippen molar-refractivity contribution in [3.8, 4) is 5.69 Å². The summed E-state index contributed by atoms with van der Waals surface area (Å²) < 4.78 is 14.6. The number of aromatic nitrogens is 3. The van der Waals surface area contributed by atoms with Gasteiger partial charge in [-0.2, -0.15) is 5.10 Å². The number of halogens is 1. The highest BCUT2D eigenvalue weighted by atomic mass is 32.2. The fourth-order valence-electron chi connectivity index (χ4n) is 2.46. The van der Waals surface area contributed by atoms with Gasteiger partial charge in [0, 0.05) is 11.9 Å². The largest absolute Gasteiger partial charge is 0.338 e. The number of benzene rings is 2. The zero-order chi connectivity index (χ0) is 18.5. The van der Waals surface area contributed by atoms with Gasteiger partial charge in [-0.05, 0) is 48.9 Å². The van der Waals surface area contributed by atoms with E-state index in [0.29, 0.717) is 5.75 Å². The Balaban J connectivity index is 1.60. The van der Waals surface area contributed by atoms with Gasteiger partial charge in [0.1, 0.15) is 18.5 Å². The molecular weight excluding hydrogens is 351 g/mol. The zero-order valence-electron chi connectivity index (χ0n) is 14.5. The molecule has 0 saturated heterocycles. The van der Waals surface area contributed by atoms with E-state index in [9.17, 15) is 9.18 Å². The van der Waals surface area contributed by atoms with Crippen molar-refractivity contribution < 1.29 is 9.18 Å². The maximum atomic E-state index is 12.9. The Morgan fingerprint density at radius 3 is 2.50 bits per heavy atom. The van der Waals surface area contributed by atoms with Crippen molar-refractivity contribution in [1.29, 1.82) is 0 Å². The molecule has 0 fully saturated rings. The van der Waals surface area contributed by atoms with Crippen LogP contribution in [0.2, 0.25) is 0 Å². The lowest BCUT2D eigenvalue weighted by atomic mass is 10.1. The number of amides is 1. The Hall–Kier alpha value is -2.67. The highest BCUT2D eigenvalue weighted by Gasteiger charge is 2.17. The zero-order valence-corrected chi connectivity index (χ0v) is 15.4. The highest BCUT2D eigenvalue weighted by molar-refractivity contribution is 8.00. The summed E-state index contributed by atoms with van der Waals surface area (Å²) in [5, 5.41) is 4.10. The third kappa shape index (κ3) is 4.29. The first-order valence-electron chi connectivity index (χ1n) is 8.13. The van der Waals surface area contributed by atoms with Gasteiger partial charge in [0.15, 0.2) is 0 Å².